The van der Waals surface area contributed by atoms with E-state index in [4.69, 9.17) is 14.2 Å². The Kier molecular flexibility index (Phi) is 8.98. The molecule has 3 rings (SSSR count). The molecule has 0 unspecified atom stereocenters. The first-order valence-electron chi connectivity index (χ1n) is 11.9. The summed E-state index contributed by atoms with van der Waals surface area (Å²) in [7, 11) is 0. The van der Waals surface area contributed by atoms with E-state index in [1.807, 2.05) is 19.1 Å². The third-order valence-electron chi connectivity index (χ3n) is 6.59. The number of rotatable bonds is 8. The first-order valence-corrected chi connectivity index (χ1v) is 11.9. The van der Waals surface area contributed by atoms with Gasteiger partial charge in [0.25, 0.3) is 0 Å². The second-order valence-corrected chi connectivity index (χ2v) is 8.83. The molecule has 0 radical (unpaired) electrons. The van der Waals surface area contributed by atoms with Crippen LogP contribution in [-0.4, -0.2) is 24.6 Å². The van der Waals surface area contributed by atoms with Gasteiger partial charge in [-0.05, 0) is 101 Å². The molecule has 0 heterocycles. The first kappa shape index (κ1) is 23.4. The zero-order valence-corrected chi connectivity index (χ0v) is 18.9. The molecule has 170 valence electrons. The van der Waals surface area contributed by atoms with Crippen LogP contribution < -0.4 is 9.47 Å². The highest BCUT2D eigenvalue weighted by Crippen LogP contribution is 2.41. The maximum Gasteiger partial charge on any atom is 0.330 e. The maximum absolute atomic E-state index is 12.6. The molecule has 0 atom stereocenters. The standard InChI is InChI=1S/C26H36O5/c1-3-5-25(27)30-23-12-10-20(11-13-23)19-6-8-21(9-7-19)26(28)31-24-16-14-22(15-17-24)29-18-4-2/h3,5,14-17,19-21,23H,4,6-13,18H2,1-2H3. The number of ether oxygens (including phenoxy) is 3. The number of hydrogen-bond donors (Lipinski definition) is 0. The Morgan fingerprint density at radius 2 is 1.48 bits per heavy atom. The number of carbonyl (C=O) groups is 2. The molecule has 2 aliphatic carbocycles. The molecule has 2 saturated carbocycles. The van der Waals surface area contributed by atoms with Gasteiger partial charge in [0.2, 0.25) is 0 Å². The second-order valence-electron chi connectivity index (χ2n) is 8.83. The average Bonchev–Trinajstić information content (AvgIpc) is 2.79. The van der Waals surface area contributed by atoms with Crippen molar-refractivity contribution >= 4 is 11.9 Å². The highest BCUT2D eigenvalue weighted by atomic mass is 16.5. The van der Waals surface area contributed by atoms with Gasteiger partial charge < -0.3 is 14.2 Å². The lowest BCUT2D eigenvalue weighted by molar-refractivity contribution is -0.145. The summed E-state index contributed by atoms with van der Waals surface area (Å²) in [5.41, 5.74) is 0. The predicted octanol–water partition coefficient (Wildman–Crippen LogP) is 5.87. The van der Waals surface area contributed by atoms with E-state index in [0.717, 1.165) is 63.5 Å². The summed E-state index contributed by atoms with van der Waals surface area (Å²) in [6.07, 6.45) is 12.3. The minimum atomic E-state index is -0.229. The maximum atomic E-state index is 12.6. The van der Waals surface area contributed by atoms with Crippen molar-refractivity contribution in [2.75, 3.05) is 6.61 Å². The lowest BCUT2D eigenvalue weighted by Gasteiger charge is -2.37. The van der Waals surface area contributed by atoms with Crippen LogP contribution in [0.3, 0.4) is 0 Å². The molecule has 2 fully saturated rings. The number of esters is 2. The highest BCUT2D eigenvalue weighted by Gasteiger charge is 2.34. The Bertz CT molecular complexity index is 723. The van der Waals surface area contributed by atoms with Gasteiger partial charge in [-0.25, -0.2) is 4.79 Å². The van der Waals surface area contributed by atoms with Crippen molar-refractivity contribution in [1.82, 2.24) is 0 Å². The molecular weight excluding hydrogens is 392 g/mol. The van der Waals surface area contributed by atoms with Crippen molar-refractivity contribution in [1.29, 1.82) is 0 Å². The van der Waals surface area contributed by atoms with Crippen LogP contribution in [0.4, 0.5) is 0 Å². The van der Waals surface area contributed by atoms with E-state index in [1.165, 1.54) is 6.08 Å². The number of carbonyl (C=O) groups excluding carboxylic acids is 2. The van der Waals surface area contributed by atoms with E-state index in [-0.39, 0.29) is 24.0 Å². The summed E-state index contributed by atoms with van der Waals surface area (Å²) in [6, 6.07) is 7.30. The molecule has 5 heteroatoms. The van der Waals surface area contributed by atoms with Crippen molar-refractivity contribution in [3.63, 3.8) is 0 Å². The molecule has 2 aliphatic rings. The van der Waals surface area contributed by atoms with Crippen LogP contribution in [0.15, 0.2) is 36.4 Å². The molecular formula is C26H36O5. The van der Waals surface area contributed by atoms with Crippen molar-refractivity contribution < 1.29 is 23.8 Å². The molecule has 0 spiro atoms. The van der Waals surface area contributed by atoms with Gasteiger partial charge in [0.05, 0.1) is 12.5 Å². The Morgan fingerprint density at radius 1 is 0.903 bits per heavy atom. The van der Waals surface area contributed by atoms with E-state index in [2.05, 4.69) is 6.92 Å². The van der Waals surface area contributed by atoms with Crippen LogP contribution in [0, 0.1) is 17.8 Å². The van der Waals surface area contributed by atoms with Gasteiger partial charge in [-0.1, -0.05) is 13.0 Å². The third kappa shape index (κ3) is 7.12. The summed E-state index contributed by atoms with van der Waals surface area (Å²) in [4.78, 5) is 24.2. The molecule has 0 aromatic heterocycles. The van der Waals surface area contributed by atoms with Gasteiger partial charge >= 0.3 is 11.9 Å². The van der Waals surface area contributed by atoms with Gasteiger partial charge in [-0.3, -0.25) is 4.79 Å². The van der Waals surface area contributed by atoms with Gasteiger partial charge in [0, 0.05) is 6.08 Å². The van der Waals surface area contributed by atoms with Gasteiger partial charge in [-0.15, -0.1) is 0 Å². The average molecular weight is 429 g/mol. The summed E-state index contributed by atoms with van der Waals surface area (Å²) >= 11 is 0. The minimum Gasteiger partial charge on any atom is -0.494 e. The summed E-state index contributed by atoms with van der Waals surface area (Å²) in [5, 5.41) is 0. The smallest absolute Gasteiger partial charge is 0.330 e. The van der Waals surface area contributed by atoms with Crippen molar-refractivity contribution in [2.24, 2.45) is 17.8 Å². The van der Waals surface area contributed by atoms with Crippen LogP contribution in [0.25, 0.3) is 0 Å². The molecule has 31 heavy (non-hydrogen) atoms. The zero-order valence-electron chi connectivity index (χ0n) is 18.9. The second kappa shape index (κ2) is 11.9. The van der Waals surface area contributed by atoms with E-state index in [1.54, 1.807) is 18.2 Å². The lowest BCUT2D eigenvalue weighted by atomic mass is 9.70. The fourth-order valence-corrected chi connectivity index (χ4v) is 4.87. The molecule has 0 saturated heterocycles. The van der Waals surface area contributed by atoms with E-state index in [0.29, 0.717) is 24.2 Å². The molecule has 5 nitrogen and oxygen atoms in total. The Labute approximate surface area is 186 Å². The van der Waals surface area contributed by atoms with Crippen LogP contribution in [0.2, 0.25) is 0 Å². The summed E-state index contributed by atoms with van der Waals surface area (Å²) in [6.45, 7) is 4.58. The molecule has 0 N–H and O–H groups in total. The van der Waals surface area contributed by atoms with E-state index < -0.39 is 0 Å². The molecule has 0 bridgehead atoms. The lowest BCUT2D eigenvalue weighted by Crippen LogP contribution is -2.31. The minimum absolute atomic E-state index is 0.00890. The van der Waals surface area contributed by atoms with E-state index >= 15 is 0 Å². The topological polar surface area (TPSA) is 61.8 Å². The Morgan fingerprint density at radius 3 is 2.06 bits per heavy atom. The van der Waals surface area contributed by atoms with Crippen molar-refractivity contribution in [3.8, 4) is 11.5 Å². The number of hydrogen-bond acceptors (Lipinski definition) is 5. The van der Waals surface area contributed by atoms with Crippen LogP contribution in [0.1, 0.15) is 71.6 Å². The summed E-state index contributed by atoms with van der Waals surface area (Å²) in [5.74, 6) is 2.39. The zero-order chi connectivity index (χ0) is 22.1. The number of benzene rings is 1. The van der Waals surface area contributed by atoms with Crippen molar-refractivity contribution in [2.45, 2.75) is 77.7 Å². The predicted molar refractivity (Wildman–Crippen MR) is 120 cm³/mol. The Balaban J connectivity index is 1.38. The Hall–Kier alpha value is -2.30. The normalized spacial score (nSPS) is 26.4. The fourth-order valence-electron chi connectivity index (χ4n) is 4.87. The molecule has 0 aliphatic heterocycles. The first-order chi connectivity index (χ1) is 15.1. The van der Waals surface area contributed by atoms with Crippen LogP contribution in [0.5, 0.6) is 11.5 Å². The molecule has 1 aromatic carbocycles. The van der Waals surface area contributed by atoms with Crippen LogP contribution in [-0.2, 0) is 14.3 Å². The van der Waals surface area contributed by atoms with Crippen LogP contribution >= 0.6 is 0 Å². The van der Waals surface area contributed by atoms with E-state index in [9.17, 15) is 9.59 Å². The van der Waals surface area contributed by atoms with Gasteiger partial charge in [0.15, 0.2) is 0 Å². The SMILES string of the molecule is CC=CC(=O)OC1CCC(C2CCC(C(=O)Oc3ccc(OCCC)cc3)CC2)CC1. The van der Waals surface area contributed by atoms with Gasteiger partial charge in [-0.2, -0.15) is 0 Å². The highest BCUT2D eigenvalue weighted by molar-refractivity contribution is 5.81. The quantitative estimate of drug-likeness (QED) is 0.295. The molecule has 1 aromatic rings. The largest absolute Gasteiger partial charge is 0.494 e. The fraction of sp³-hybridized carbons (Fsp3) is 0.615. The number of allylic oxidation sites excluding steroid dienone is 1. The third-order valence-corrected chi connectivity index (χ3v) is 6.59. The van der Waals surface area contributed by atoms with Crippen molar-refractivity contribution in [3.05, 3.63) is 36.4 Å². The summed E-state index contributed by atoms with van der Waals surface area (Å²) < 4.78 is 16.7. The monoisotopic (exact) mass is 428 g/mol. The molecule has 0 amide bonds. The van der Waals surface area contributed by atoms with Gasteiger partial charge in [0.1, 0.15) is 17.6 Å².